The van der Waals surface area contributed by atoms with Gasteiger partial charge in [-0.05, 0) is 18.9 Å². The molecule has 6 nitrogen and oxygen atoms in total. The maximum Gasteiger partial charge on any atom is 0.299 e. The fourth-order valence-electron chi connectivity index (χ4n) is 1.95. The Bertz CT molecular complexity index is 554. The van der Waals surface area contributed by atoms with E-state index >= 15 is 0 Å². The zero-order chi connectivity index (χ0) is 12.5. The first kappa shape index (κ1) is 11.9. The highest BCUT2D eigenvalue weighted by atomic mass is 32.2. The average molecular weight is 255 g/mol. The van der Waals surface area contributed by atoms with E-state index in [0.717, 1.165) is 4.31 Å². The van der Waals surface area contributed by atoms with Crippen LogP contribution in [0, 0.1) is 0 Å². The van der Waals surface area contributed by atoms with Crippen LogP contribution in [-0.2, 0) is 10.2 Å². The summed E-state index contributed by atoms with van der Waals surface area (Å²) in [6, 6.07) is 6.85. The van der Waals surface area contributed by atoms with Gasteiger partial charge in [0, 0.05) is 12.1 Å². The van der Waals surface area contributed by atoms with Crippen molar-refractivity contribution in [2.45, 2.75) is 12.8 Å². The molecule has 0 fully saturated rings. The fourth-order valence-corrected chi connectivity index (χ4v) is 2.77. The number of hydrogen-bond acceptors (Lipinski definition) is 4. The highest BCUT2D eigenvalue weighted by Gasteiger charge is 2.25. The summed E-state index contributed by atoms with van der Waals surface area (Å²) in [6.07, 6.45) is 1.07. The molecule has 0 bridgehead atoms. The van der Waals surface area contributed by atoms with Gasteiger partial charge in [-0.2, -0.15) is 8.42 Å². The molecule has 0 amide bonds. The number of benzene rings is 1. The predicted molar refractivity (Wildman–Crippen MR) is 64.5 cm³/mol. The van der Waals surface area contributed by atoms with Crippen molar-refractivity contribution in [1.82, 2.24) is 0 Å². The lowest BCUT2D eigenvalue weighted by Gasteiger charge is -2.21. The summed E-state index contributed by atoms with van der Waals surface area (Å²) in [5.74, 6) is 0. The van der Waals surface area contributed by atoms with Gasteiger partial charge in [-0.1, -0.05) is 23.4 Å². The molecule has 17 heavy (non-hydrogen) atoms. The van der Waals surface area contributed by atoms with Crippen molar-refractivity contribution in [2.75, 3.05) is 10.8 Å². The molecule has 1 aliphatic heterocycles. The number of hydrogen-bond donors (Lipinski definition) is 2. The predicted octanol–water partition coefficient (Wildman–Crippen LogP) is 0.669. The number of fused-ring (bicyclic) bond motifs is 1. The van der Waals surface area contributed by atoms with Gasteiger partial charge in [0.05, 0.1) is 11.4 Å². The van der Waals surface area contributed by atoms with Crippen LogP contribution in [0.1, 0.15) is 18.4 Å². The van der Waals surface area contributed by atoms with E-state index in [9.17, 15) is 8.42 Å². The van der Waals surface area contributed by atoms with Crippen LogP contribution >= 0.6 is 0 Å². The second-order valence-electron chi connectivity index (χ2n) is 3.78. The number of anilines is 1. The van der Waals surface area contributed by atoms with Crippen LogP contribution in [0.25, 0.3) is 0 Å². The highest BCUT2D eigenvalue weighted by Crippen LogP contribution is 2.27. The number of para-hydroxylation sites is 1. The van der Waals surface area contributed by atoms with Crippen molar-refractivity contribution in [3.63, 3.8) is 0 Å². The number of rotatable bonds is 1. The fraction of sp³-hybridized carbons (Fsp3) is 0.300. The molecule has 3 N–H and O–H groups in total. The van der Waals surface area contributed by atoms with Crippen LogP contribution < -0.4 is 9.44 Å². The quantitative estimate of drug-likeness (QED) is 0.570. The first-order valence-corrected chi connectivity index (χ1v) is 6.65. The van der Waals surface area contributed by atoms with Crippen LogP contribution in [0.2, 0.25) is 0 Å². The van der Waals surface area contributed by atoms with Crippen molar-refractivity contribution in [1.29, 1.82) is 0 Å². The van der Waals surface area contributed by atoms with Crippen molar-refractivity contribution in [2.24, 2.45) is 10.3 Å². The lowest BCUT2D eigenvalue weighted by Crippen LogP contribution is -2.37. The van der Waals surface area contributed by atoms with Crippen LogP contribution in [0.15, 0.2) is 29.4 Å². The molecule has 92 valence electrons. The van der Waals surface area contributed by atoms with Crippen molar-refractivity contribution in [3.8, 4) is 0 Å². The van der Waals surface area contributed by atoms with E-state index < -0.39 is 10.2 Å². The molecule has 7 heteroatoms. The Balaban J connectivity index is 2.62. The van der Waals surface area contributed by atoms with Crippen LogP contribution in [0.4, 0.5) is 5.69 Å². The molecule has 1 heterocycles. The molecule has 0 aliphatic carbocycles. The molecule has 0 saturated heterocycles. The third kappa shape index (κ3) is 2.25. The van der Waals surface area contributed by atoms with Gasteiger partial charge >= 0.3 is 0 Å². The summed E-state index contributed by atoms with van der Waals surface area (Å²) in [5, 5.41) is 17.3. The van der Waals surface area contributed by atoms with Crippen LogP contribution in [-0.4, -0.2) is 25.9 Å². The largest absolute Gasteiger partial charge is 0.411 e. The smallest absolute Gasteiger partial charge is 0.299 e. The summed E-state index contributed by atoms with van der Waals surface area (Å²) in [7, 11) is -3.80. The van der Waals surface area contributed by atoms with Gasteiger partial charge in [0.2, 0.25) is 0 Å². The Labute approximate surface area is 99.5 Å². The second-order valence-corrected chi connectivity index (χ2v) is 5.26. The van der Waals surface area contributed by atoms with Crippen LogP contribution in [0.5, 0.6) is 0 Å². The molecule has 2 rings (SSSR count). The molecule has 0 aromatic heterocycles. The van der Waals surface area contributed by atoms with Crippen molar-refractivity contribution < 1.29 is 13.6 Å². The number of nitrogens with two attached hydrogens (primary N) is 1. The molecular weight excluding hydrogens is 242 g/mol. The van der Waals surface area contributed by atoms with Crippen LogP contribution in [0.3, 0.4) is 0 Å². The van der Waals surface area contributed by atoms with E-state index in [2.05, 4.69) is 5.16 Å². The summed E-state index contributed by atoms with van der Waals surface area (Å²) >= 11 is 0. The van der Waals surface area contributed by atoms with Gasteiger partial charge in [0.15, 0.2) is 0 Å². The Morgan fingerprint density at radius 1 is 1.35 bits per heavy atom. The summed E-state index contributed by atoms with van der Waals surface area (Å²) in [6.45, 7) is 0.287. The molecule has 0 saturated carbocycles. The molecule has 0 spiro atoms. The highest BCUT2D eigenvalue weighted by molar-refractivity contribution is 7.90. The minimum absolute atomic E-state index is 0.287. The van der Waals surface area contributed by atoms with Gasteiger partial charge in [-0.25, -0.2) is 5.14 Å². The maximum absolute atomic E-state index is 11.5. The van der Waals surface area contributed by atoms with Gasteiger partial charge < -0.3 is 5.21 Å². The summed E-state index contributed by atoms with van der Waals surface area (Å²) in [5.41, 5.74) is 1.54. The maximum atomic E-state index is 11.5. The number of nitrogens with zero attached hydrogens (tertiary/aromatic N) is 2. The Hall–Kier alpha value is -1.60. The lowest BCUT2D eigenvalue weighted by molar-refractivity contribution is 0.318. The molecule has 1 aromatic carbocycles. The first-order valence-electron chi connectivity index (χ1n) is 5.15. The van der Waals surface area contributed by atoms with E-state index in [0.29, 0.717) is 29.8 Å². The van der Waals surface area contributed by atoms with E-state index in [4.69, 9.17) is 10.3 Å². The normalized spacial score (nSPS) is 18.9. The van der Waals surface area contributed by atoms with Gasteiger partial charge in [-0.15, -0.1) is 0 Å². The second kappa shape index (κ2) is 4.34. The lowest BCUT2D eigenvalue weighted by atomic mass is 10.1. The summed E-state index contributed by atoms with van der Waals surface area (Å²) in [4.78, 5) is 0. The molecule has 0 unspecified atom stereocenters. The van der Waals surface area contributed by atoms with Crippen molar-refractivity contribution >= 4 is 21.6 Å². The molecule has 1 aromatic rings. The molecular formula is C10H13N3O3S. The topological polar surface area (TPSA) is 96.0 Å². The molecule has 0 radical (unpaired) electrons. The Kier molecular flexibility index (Phi) is 3.03. The minimum Gasteiger partial charge on any atom is -0.411 e. The van der Waals surface area contributed by atoms with Gasteiger partial charge in [0.25, 0.3) is 10.2 Å². The van der Waals surface area contributed by atoms with E-state index in [1.807, 2.05) is 0 Å². The van der Waals surface area contributed by atoms with Gasteiger partial charge in [-0.3, -0.25) is 4.31 Å². The standard InChI is InChI=1S/C10H13N3O3S/c11-17(15,16)13-7-3-5-9(12-14)8-4-1-2-6-10(8)13/h1-2,4,6,14H,3,5,7H2,(H2,11,15,16)/b12-9-. The molecule has 1 aliphatic rings. The first-order chi connectivity index (χ1) is 8.04. The summed E-state index contributed by atoms with van der Waals surface area (Å²) < 4.78 is 24.1. The SMILES string of the molecule is NS(=O)(=O)N1CCC/C(=N/O)c2ccccc21. The van der Waals surface area contributed by atoms with E-state index in [1.165, 1.54) is 0 Å². The zero-order valence-electron chi connectivity index (χ0n) is 9.07. The van der Waals surface area contributed by atoms with Gasteiger partial charge in [0.1, 0.15) is 0 Å². The zero-order valence-corrected chi connectivity index (χ0v) is 9.89. The van der Waals surface area contributed by atoms with E-state index in [-0.39, 0.29) is 6.54 Å². The average Bonchev–Trinajstić information content (AvgIpc) is 2.47. The monoisotopic (exact) mass is 255 g/mol. The minimum atomic E-state index is -3.80. The number of oxime groups is 1. The van der Waals surface area contributed by atoms with E-state index in [1.54, 1.807) is 24.3 Å². The third-order valence-corrected chi connectivity index (χ3v) is 3.68. The van der Waals surface area contributed by atoms with Crippen molar-refractivity contribution in [3.05, 3.63) is 29.8 Å². The Morgan fingerprint density at radius 3 is 2.71 bits per heavy atom. The Morgan fingerprint density at radius 2 is 2.06 bits per heavy atom. The third-order valence-electron chi connectivity index (χ3n) is 2.69. The molecule has 0 atom stereocenters.